The van der Waals surface area contributed by atoms with E-state index < -0.39 is 61.3 Å². The molecular weight excluding hydrogens is 584 g/mol. The van der Waals surface area contributed by atoms with E-state index in [1.165, 1.54) is 21.3 Å². The normalized spacial score (nSPS) is 34.9. The van der Waals surface area contributed by atoms with Crippen LogP contribution < -0.4 is 0 Å². The number of aliphatic hydroxyl groups excluding tert-OH is 2. The Labute approximate surface area is 267 Å². The molecule has 0 saturated carbocycles. The van der Waals surface area contributed by atoms with E-state index in [0.29, 0.717) is 24.8 Å². The fraction of sp³-hybridized carbons (Fsp3) is 0.618. The Morgan fingerprint density at radius 3 is 2.33 bits per heavy atom. The summed E-state index contributed by atoms with van der Waals surface area (Å²) >= 11 is 0. The minimum absolute atomic E-state index is 0.0996. The Kier molecular flexibility index (Phi) is 17.8. The minimum atomic E-state index is -1.38. The average Bonchev–Trinajstić information content (AvgIpc) is 3.01. The van der Waals surface area contributed by atoms with Gasteiger partial charge in [-0.3, -0.25) is 10.1 Å². The number of aliphatic hydroxyl groups is 2. The maximum Gasteiger partial charge on any atom is 0.309 e. The van der Waals surface area contributed by atoms with E-state index in [0.717, 1.165) is 12.0 Å². The number of carbonyl (C=O) groups excluding carboxylic acids is 1. The van der Waals surface area contributed by atoms with Gasteiger partial charge in [0.15, 0.2) is 12.6 Å². The van der Waals surface area contributed by atoms with E-state index >= 15 is 0 Å². The second kappa shape index (κ2) is 20.6. The van der Waals surface area contributed by atoms with Gasteiger partial charge < -0.3 is 38.6 Å². The van der Waals surface area contributed by atoms with Crippen LogP contribution in [0.1, 0.15) is 52.9 Å². The number of ether oxygens (including phenoxy) is 6. The first-order valence-electron chi connectivity index (χ1n) is 15.3. The summed E-state index contributed by atoms with van der Waals surface area (Å²) in [7, 11) is 4.23. The Morgan fingerprint density at radius 2 is 1.71 bits per heavy atom. The molecule has 45 heavy (non-hydrogen) atoms. The molecule has 0 aromatic heterocycles. The topological polar surface area (TPSA) is 142 Å². The van der Waals surface area contributed by atoms with Crippen LogP contribution in [0.25, 0.3) is 0 Å². The second-order valence-electron chi connectivity index (χ2n) is 11.3. The van der Waals surface area contributed by atoms with Gasteiger partial charge in [-0.15, -0.1) is 0 Å². The summed E-state index contributed by atoms with van der Waals surface area (Å²) in [5.74, 6) is -0.626. The van der Waals surface area contributed by atoms with Gasteiger partial charge in [0.25, 0.3) is 0 Å². The Morgan fingerprint density at radius 1 is 1.02 bits per heavy atom. The van der Waals surface area contributed by atoms with Gasteiger partial charge in [-0.1, -0.05) is 67.7 Å². The van der Waals surface area contributed by atoms with Crippen LogP contribution in [0.5, 0.6) is 0 Å². The smallest absolute Gasteiger partial charge is 0.309 e. The van der Waals surface area contributed by atoms with Gasteiger partial charge in [0.05, 0.1) is 18.6 Å². The summed E-state index contributed by atoms with van der Waals surface area (Å²) in [4.78, 5) is 18.1. The number of carbonyl (C=O) groups is 1. The molecule has 2 aliphatic rings. The van der Waals surface area contributed by atoms with Crippen molar-refractivity contribution in [3.63, 3.8) is 0 Å². The Balaban J connectivity index is 2.42. The molecule has 0 aliphatic carbocycles. The molecule has 0 spiro atoms. The molecule has 11 nitrogen and oxygen atoms in total. The lowest BCUT2D eigenvalue weighted by Gasteiger charge is -2.41. The lowest BCUT2D eigenvalue weighted by Crippen LogP contribution is -2.59. The highest BCUT2D eigenvalue weighted by atomic mass is 17.1. The van der Waals surface area contributed by atoms with E-state index in [1.54, 1.807) is 12.2 Å². The fourth-order valence-corrected chi connectivity index (χ4v) is 5.21. The minimum Gasteiger partial charge on any atom is -0.458 e. The largest absolute Gasteiger partial charge is 0.458 e. The molecule has 1 saturated heterocycles. The predicted octanol–water partition coefficient (Wildman–Crippen LogP) is 4.57. The first-order valence-corrected chi connectivity index (χ1v) is 15.3. The van der Waals surface area contributed by atoms with Crippen LogP contribution >= 0.6 is 0 Å². The SMILES string of the molecule is C=C1[C@@H](OC)CC=C[C@@H](O[C@@H]2O[C@H](OC)[C@@H](O)[C@H](OC)[C@H]2O)CC(=O)O[C@@H](C=C(C)CC=CC)CC=CC=CC[C@H](C)[C@@H]1OO. The molecule has 2 aliphatic heterocycles. The molecule has 3 N–H and O–H groups in total. The highest BCUT2D eigenvalue weighted by Crippen LogP contribution is 2.27. The summed E-state index contributed by atoms with van der Waals surface area (Å²) in [6, 6.07) is 0. The van der Waals surface area contributed by atoms with Gasteiger partial charge in [-0.05, 0) is 50.7 Å². The zero-order chi connectivity index (χ0) is 33.4. The van der Waals surface area contributed by atoms with Gasteiger partial charge in [-0.2, -0.15) is 0 Å². The van der Waals surface area contributed by atoms with E-state index in [9.17, 15) is 20.3 Å². The molecule has 254 valence electrons. The van der Waals surface area contributed by atoms with Crippen LogP contribution in [-0.4, -0.2) is 98.1 Å². The van der Waals surface area contributed by atoms with Crippen LogP contribution in [0, 0.1) is 5.92 Å². The molecule has 2 heterocycles. The van der Waals surface area contributed by atoms with E-state index in [4.69, 9.17) is 33.3 Å². The van der Waals surface area contributed by atoms with E-state index in [2.05, 4.69) is 6.58 Å². The van der Waals surface area contributed by atoms with Gasteiger partial charge in [0.2, 0.25) is 0 Å². The fourth-order valence-electron chi connectivity index (χ4n) is 5.21. The highest BCUT2D eigenvalue weighted by Gasteiger charge is 2.46. The predicted molar refractivity (Wildman–Crippen MR) is 169 cm³/mol. The van der Waals surface area contributed by atoms with Crippen molar-refractivity contribution in [2.45, 2.75) is 108 Å². The molecule has 11 heteroatoms. The lowest BCUT2D eigenvalue weighted by atomic mass is 9.91. The number of methoxy groups -OCH3 is 3. The molecule has 0 aromatic carbocycles. The molecular formula is C34H52O11. The average molecular weight is 637 g/mol. The van der Waals surface area contributed by atoms with Crippen molar-refractivity contribution in [2.75, 3.05) is 21.3 Å². The number of hydrogen-bond donors (Lipinski definition) is 3. The zero-order valence-corrected chi connectivity index (χ0v) is 27.3. The maximum absolute atomic E-state index is 13.3. The number of cyclic esters (lactones) is 1. The van der Waals surface area contributed by atoms with Crippen molar-refractivity contribution in [3.8, 4) is 0 Å². The van der Waals surface area contributed by atoms with Gasteiger partial charge in [0.1, 0.15) is 30.5 Å². The van der Waals surface area contributed by atoms with Crippen LogP contribution in [0.4, 0.5) is 0 Å². The van der Waals surface area contributed by atoms with Gasteiger partial charge >= 0.3 is 5.97 Å². The summed E-state index contributed by atoms with van der Waals surface area (Å²) in [6.45, 7) is 10.0. The third-order valence-corrected chi connectivity index (χ3v) is 7.76. The number of allylic oxidation sites excluding steroid dienone is 6. The summed E-state index contributed by atoms with van der Waals surface area (Å²) in [5.41, 5.74) is 1.60. The number of rotatable bonds is 9. The number of esters is 1. The molecule has 0 unspecified atom stereocenters. The molecule has 0 amide bonds. The van der Waals surface area contributed by atoms with Gasteiger partial charge in [-0.25, -0.2) is 4.89 Å². The van der Waals surface area contributed by atoms with Gasteiger partial charge in [0, 0.05) is 27.8 Å². The third kappa shape index (κ3) is 12.3. The standard InChI is InChI=1S/C34H52O11/c1-8-9-15-22(2)20-25-17-13-11-10-12-16-23(3)31(45-38)24(4)27(39-5)19-14-18-26(21-28(35)42-25)43-34-30(37)32(40-6)29(36)33(41-7)44-34/h8-14,18,20,23,25-27,29-34,36-38H,4,15-17,19,21H2,1-3,5-7H3/t23-,25+,26+,27-,29-,30+,31-,32-,33-,34+/m0/s1. The lowest BCUT2D eigenvalue weighted by molar-refractivity contribution is -0.352. The molecule has 1 fully saturated rings. The molecule has 0 bridgehead atoms. The first-order chi connectivity index (χ1) is 21.6. The number of hydrogen-bond acceptors (Lipinski definition) is 11. The Bertz CT molecular complexity index is 1050. The summed E-state index contributed by atoms with van der Waals surface area (Å²) in [6.07, 6.45) is 10.1. The van der Waals surface area contributed by atoms with Crippen LogP contribution in [0.15, 0.2) is 72.4 Å². The molecule has 0 radical (unpaired) electrons. The van der Waals surface area contributed by atoms with Crippen molar-refractivity contribution in [1.82, 2.24) is 0 Å². The van der Waals surface area contributed by atoms with Crippen molar-refractivity contribution >= 4 is 5.97 Å². The molecule has 2 rings (SSSR count). The van der Waals surface area contributed by atoms with Crippen LogP contribution in [-0.2, 0) is 38.1 Å². The first kappa shape index (κ1) is 38.7. The quantitative estimate of drug-likeness (QED) is 0.142. The van der Waals surface area contributed by atoms with E-state index in [1.807, 2.05) is 63.3 Å². The van der Waals surface area contributed by atoms with Crippen LogP contribution in [0.2, 0.25) is 0 Å². The third-order valence-electron chi connectivity index (χ3n) is 7.76. The van der Waals surface area contributed by atoms with Crippen molar-refractivity contribution in [2.24, 2.45) is 5.92 Å². The zero-order valence-electron chi connectivity index (χ0n) is 27.3. The van der Waals surface area contributed by atoms with Crippen LogP contribution in [0.3, 0.4) is 0 Å². The van der Waals surface area contributed by atoms with E-state index in [-0.39, 0.29) is 12.3 Å². The van der Waals surface area contributed by atoms with Crippen molar-refractivity contribution in [1.29, 1.82) is 0 Å². The second-order valence-corrected chi connectivity index (χ2v) is 11.3. The summed E-state index contributed by atoms with van der Waals surface area (Å²) in [5, 5.41) is 31.0. The monoisotopic (exact) mass is 636 g/mol. The highest BCUT2D eigenvalue weighted by molar-refractivity contribution is 5.70. The Hall–Kier alpha value is -2.45. The van der Waals surface area contributed by atoms with Crippen molar-refractivity contribution in [3.05, 3.63) is 72.4 Å². The molecule has 0 aromatic rings. The molecule has 10 atom stereocenters. The summed E-state index contributed by atoms with van der Waals surface area (Å²) < 4.78 is 33.8. The maximum atomic E-state index is 13.3. The van der Waals surface area contributed by atoms with Crippen molar-refractivity contribution < 1.29 is 53.6 Å².